The van der Waals surface area contributed by atoms with Crippen LogP contribution in [0, 0.1) is 23.7 Å². The Bertz CT molecular complexity index is 260. The Balaban J connectivity index is 3.04. The fraction of sp³-hybridized carbons (Fsp3) is 0.750. The molecule has 0 rings (SSSR count). The van der Waals surface area contributed by atoms with Crippen molar-refractivity contribution in [1.82, 2.24) is 5.32 Å². The van der Waals surface area contributed by atoms with Crippen molar-refractivity contribution in [1.29, 1.82) is 5.26 Å². The molecule has 2 N–H and O–H groups in total. The third kappa shape index (κ3) is 12.9. The molecule has 0 aliphatic rings. The van der Waals surface area contributed by atoms with E-state index >= 15 is 0 Å². The highest BCUT2D eigenvalue weighted by Gasteiger charge is 2.00. The molecule has 0 saturated heterocycles. The minimum Gasteiger partial charge on any atom is -0.378 e. The molecule has 102 valence electrons. The van der Waals surface area contributed by atoms with E-state index in [1.165, 1.54) is 0 Å². The second-order valence-corrected chi connectivity index (χ2v) is 3.31. The molecule has 0 spiro atoms. The highest BCUT2D eigenvalue weighted by atomic mass is 16.5. The summed E-state index contributed by atoms with van der Waals surface area (Å²) in [6.07, 6.45) is 4.28. The summed E-state index contributed by atoms with van der Waals surface area (Å²) in [6.45, 7) is 3.19. The fourth-order valence-corrected chi connectivity index (χ4v) is 1.03. The van der Waals surface area contributed by atoms with Gasteiger partial charge in [-0.05, 0) is 0 Å². The number of aliphatic hydroxyl groups excluding tert-OH is 1. The van der Waals surface area contributed by atoms with Gasteiger partial charge in [-0.1, -0.05) is 5.92 Å². The Morgan fingerprint density at radius 1 is 1.11 bits per heavy atom. The molecule has 0 aromatic heterocycles. The van der Waals surface area contributed by atoms with Gasteiger partial charge in [0.05, 0.1) is 45.5 Å². The maximum absolute atomic E-state index is 9.15. The first-order chi connectivity index (χ1) is 8.81. The average molecular weight is 256 g/mol. The molecule has 0 bridgehead atoms. The minimum atomic E-state index is -0.789. The Kier molecular flexibility index (Phi) is 13.0. The Labute approximate surface area is 108 Å². The molecule has 1 atom stereocenters. The first-order valence-corrected chi connectivity index (χ1v) is 5.76. The summed E-state index contributed by atoms with van der Waals surface area (Å²) in [6, 6.07) is 1.86. The largest absolute Gasteiger partial charge is 0.378 e. The van der Waals surface area contributed by atoms with Crippen LogP contribution in [0.3, 0.4) is 0 Å². The zero-order chi connectivity index (χ0) is 13.5. The van der Waals surface area contributed by atoms with Gasteiger partial charge in [-0.15, -0.1) is 6.42 Å². The van der Waals surface area contributed by atoms with Gasteiger partial charge in [-0.3, -0.25) is 5.32 Å². The summed E-state index contributed by atoms with van der Waals surface area (Å²) in [5.74, 6) is 2.36. The number of hydrogen-bond donors (Lipinski definition) is 2. The van der Waals surface area contributed by atoms with Crippen LogP contribution >= 0.6 is 0 Å². The summed E-state index contributed by atoms with van der Waals surface area (Å²) in [5, 5.41) is 20.2. The number of hydrogen-bond acceptors (Lipinski definition) is 6. The quantitative estimate of drug-likeness (QED) is 0.278. The molecule has 0 aromatic carbocycles. The van der Waals surface area contributed by atoms with E-state index in [0.29, 0.717) is 46.2 Å². The summed E-state index contributed by atoms with van der Waals surface area (Å²) < 4.78 is 15.5. The third-order valence-electron chi connectivity index (χ3n) is 1.84. The molecule has 0 radical (unpaired) electrons. The monoisotopic (exact) mass is 256 g/mol. The van der Waals surface area contributed by atoms with Gasteiger partial charge in [0.15, 0.2) is 0 Å². The molecule has 0 heterocycles. The lowest BCUT2D eigenvalue weighted by Crippen LogP contribution is -2.31. The van der Waals surface area contributed by atoms with Crippen LogP contribution in [-0.4, -0.2) is 57.5 Å². The lowest BCUT2D eigenvalue weighted by atomic mass is 10.4. The van der Waals surface area contributed by atoms with Crippen molar-refractivity contribution in [3.05, 3.63) is 0 Å². The number of nitrogens with zero attached hydrogens (tertiary/aromatic N) is 1. The molecule has 0 aliphatic carbocycles. The zero-order valence-electron chi connectivity index (χ0n) is 10.4. The van der Waals surface area contributed by atoms with Crippen molar-refractivity contribution < 1.29 is 19.3 Å². The predicted molar refractivity (Wildman–Crippen MR) is 65.5 cm³/mol. The highest BCUT2D eigenvalue weighted by molar-refractivity contribution is 4.82. The van der Waals surface area contributed by atoms with Gasteiger partial charge >= 0.3 is 0 Å². The molecular formula is C12H20N2O4. The van der Waals surface area contributed by atoms with Gasteiger partial charge in [0.25, 0.3) is 0 Å². The van der Waals surface area contributed by atoms with Crippen LogP contribution in [0.2, 0.25) is 0 Å². The number of terminal acetylenes is 1. The predicted octanol–water partition coefficient (Wildman–Crippen LogP) is -0.509. The molecule has 6 heteroatoms. The minimum absolute atomic E-state index is 0.0702. The van der Waals surface area contributed by atoms with E-state index in [9.17, 15) is 0 Å². The van der Waals surface area contributed by atoms with Crippen molar-refractivity contribution in [2.45, 2.75) is 12.6 Å². The number of nitrogens with one attached hydrogen (secondary N) is 1. The van der Waals surface area contributed by atoms with Crippen molar-refractivity contribution in [2.75, 3.05) is 46.2 Å². The first-order valence-electron chi connectivity index (χ1n) is 5.76. The van der Waals surface area contributed by atoms with E-state index in [4.69, 9.17) is 31.0 Å². The topological polar surface area (TPSA) is 83.7 Å². The number of rotatable bonds is 12. The van der Waals surface area contributed by atoms with Crippen LogP contribution in [0.1, 0.15) is 6.42 Å². The molecule has 0 fully saturated rings. The van der Waals surface area contributed by atoms with Gasteiger partial charge in [0.2, 0.25) is 0 Å². The van der Waals surface area contributed by atoms with Crippen molar-refractivity contribution >= 4 is 0 Å². The van der Waals surface area contributed by atoms with Crippen LogP contribution in [-0.2, 0) is 14.2 Å². The molecule has 6 nitrogen and oxygen atoms in total. The second kappa shape index (κ2) is 13.9. The van der Waals surface area contributed by atoms with Crippen LogP contribution in [0.25, 0.3) is 0 Å². The standard InChI is InChI=1S/C12H20N2O4/c1-2-6-16-8-10-18-11-9-17-7-5-14-12(15)3-4-13/h1,12,14-15H,3,5-11H2. The van der Waals surface area contributed by atoms with E-state index in [-0.39, 0.29) is 6.42 Å². The Morgan fingerprint density at radius 2 is 1.72 bits per heavy atom. The van der Waals surface area contributed by atoms with Crippen LogP contribution in [0.5, 0.6) is 0 Å². The smallest absolute Gasteiger partial charge is 0.118 e. The van der Waals surface area contributed by atoms with Crippen LogP contribution < -0.4 is 5.32 Å². The second-order valence-electron chi connectivity index (χ2n) is 3.31. The Morgan fingerprint density at radius 3 is 2.33 bits per heavy atom. The summed E-state index contributed by atoms with van der Waals surface area (Å²) >= 11 is 0. The summed E-state index contributed by atoms with van der Waals surface area (Å²) in [4.78, 5) is 0. The summed E-state index contributed by atoms with van der Waals surface area (Å²) in [7, 11) is 0. The lowest BCUT2D eigenvalue weighted by Gasteiger charge is -2.09. The molecule has 1 unspecified atom stereocenters. The maximum atomic E-state index is 9.15. The zero-order valence-corrected chi connectivity index (χ0v) is 10.4. The van der Waals surface area contributed by atoms with E-state index < -0.39 is 6.23 Å². The number of ether oxygens (including phenoxy) is 3. The number of aliphatic hydroxyl groups is 1. The van der Waals surface area contributed by atoms with Crippen LogP contribution in [0.15, 0.2) is 0 Å². The van der Waals surface area contributed by atoms with Gasteiger partial charge < -0.3 is 19.3 Å². The average Bonchev–Trinajstić information content (AvgIpc) is 2.36. The van der Waals surface area contributed by atoms with E-state index in [1.54, 1.807) is 0 Å². The number of nitriles is 1. The molecule has 0 amide bonds. The molecule has 0 saturated carbocycles. The highest BCUT2D eigenvalue weighted by Crippen LogP contribution is 1.84. The SMILES string of the molecule is C#CCOCCOCCOCCNC(O)CC#N. The van der Waals surface area contributed by atoms with Crippen molar-refractivity contribution in [2.24, 2.45) is 0 Å². The van der Waals surface area contributed by atoms with Gasteiger partial charge in [-0.25, -0.2) is 0 Å². The fourth-order valence-electron chi connectivity index (χ4n) is 1.03. The molecule has 0 aromatic rings. The maximum Gasteiger partial charge on any atom is 0.118 e. The summed E-state index contributed by atoms with van der Waals surface area (Å²) in [5.41, 5.74) is 0. The van der Waals surface area contributed by atoms with E-state index in [0.717, 1.165) is 0 Å². The Hall–Kier alpha value is -1.15. The molecule has 18 heavy (non-hydrogen) atoms. The lowest BCUT2D eigenvalue weighted by molar-refractivity contribution is 0.0185. The first kappa shape index (κ1) is 16.9. The van der Waals surface area contributed by atoms with Crippen molar-refractivity contribution in [3.8, 4) is 18.4 Å². The third-order valence-corrected chi connectivity index (χ3v) is 1.84. The van der Waals surface area contributed by atoms with E-state index in [1.807, 2.05) is 6.07 Å². The van der Waals surface area contributed by atoms with Gasteiger partial charge in [-0.2, -0.15) is 5.26 Å². The molecular weight excluding hydrogens is 236 g/mol. The van der Waals surface area contributed by atoms with Gasteiger partial charge in [0.1, 0.15) is 12.8 Å². The normalized spacial score (nSPS) is 11.7. The van der Waals surface area contributed by atoms with Crippen LogP contribution in [0.4, 0.5) is 0 Å². The van der Waals surface area contributed by atoms with E-state index in [2.05, 4.69) is 11.2 Å². The van der Waals surface area contributed by atoms with Gasteiger partial charge in [0, 0.05) is 6.54 Å². The van der Waals surface area contributed by atoms with Crippen molar-refractivity contribution in [3.63, 3.8) is 0 Å². The molecule has 0 aliphatic heterocycles.